The number of carbonyl (C=O) groups excluding carboxylic acids is 1. The molecule has 0 atom stereocenters. The molecule has 5 nitrogen and oxygen atoms in total. The number of carboxylic acids is 1. The molecule has 0 unspecified atom stereocenters. The third-order valence-electron chi connectivity index (χ3n) is 2.28. The molecular weight excluding hydrogens is 258 g/mol. The van der Waals surface area contributed by atoms with Gasteiger partial charge in [-0.2, -0.15) is 0 Å². The van der Waals surface area contributed by atoms with E-state index in [0.717, 1.165) is 17.2 Å². The van der Waals surface area contributed by atoms with E-state index >= 15 is 0 Å². The molecule has 0 aromatic heterocycles. The number of benzene rings is 1. The molecule has 0 fully saturated rings. The van der Waals surface area contributed by atoms with Crippen LogP contribution < -0.4 is 5.32 Å². The minimum absolute atomic E-state index is 0.273. The van der Waals surface area contributed by atoms with E-state index in [1.807, 2.05) is 12.1 Å². The first-order valence-corrected chi connectivity index (χ1v) is 6.24. The van der Waals surface area contributed by atoms with Crippen molar-refractivity contribution in [3.8, 4) is 0 Å². The number of nitrogens with one attached hydrogen (secondary N) is 1. The zero-order valence-electron chi connectivity index (χ0n) is 11.8. The van der Waals surface area contributed by atoms with Gasteiger partial charge in [-0.1, -0.05) is 24.3 Å². The number of amides is 1. The van der Waals surface area contributed by atoms with Crippen molar-refractivity contribution in [1.29, 1.82) is 0 Å². The van der Waals surface area contributed by atoms with Crippen LogP contribution in [0.4, 0.5) is 4.79 Å². The van der Waals surface area contributed by atoms with Crippen LogP contribution in [0.5, 0.6) is 0 Å². The Morgan fingerprint density at radius 3 is 2.55 bits per heavy atom. The normalized spacial score (nSPS) is 11.3. The van der Waals surface area contributed by atoms with Crippen LogP contribution in [0.15, 0.2) is 30.3 Å². The van der Waals surface area contributed by atoms with Crippen molar-refractivity contribution < 1.29 is 19.4 Å². The topological polar surface area (TPSA) is 75.6 Å². The number of rotatable bonds is 4. The standard InChI is InChI=1S/C15H19NO4/c1-15(2,3)20-14(19)16-10-12-7-5-4-6-11(12)8-9-13(17)18/h4-9H,10H2,1-3H3,(H,16,19)(H,17,18)/b9-8+. The first-order valence-electron chi connectivity index (χ1n) is 6.24. The summed E-state index contributed by atoms with van der Waals surface area (Å²) in [4.78, 5) is 22.1. The van der Waals surface area contributed by atoms with Gasteiger partial charge < -0.3 is 15.2 Å². The van der Waals surface area contributed by atoms with Crippen molar-refractivity contribution in [2.24, 2.45) is 0 Å². The summed E-state index contributed by atoms with van der Waals surface area (Å²) in [7, 11) is 0. The second kappa shape index (κ2) is 6.75. The number of carbonyl (C=O) groups is 2. The molecule has 0 aliphatic heterocycles. The van der Waals surface area contributed by atoms with Gasteiger partial charge in [-0.3, -0.25) is 0 Å². The molecule has 0 heterocycles. The van der Waals surface area contributed by atoms with Crippen LogP contribution in [0.2, 0.25) is 0 Å². The maximum atomic E-state index is 11.6. The lowest BCUT2D eigenvalue weighted by molar-refractivity contribution is -0.131. The predicted octanol–water partition coefficient (Wildman–Crippen LogP) is 2.81. The fourth-order valence-electron chi connectivity index (χ4n) is 1.50. The van der Waals surface area contributed by atoms with Gasteiger partial charge in [0.05, 0.1) is 0 Å². The van der Waals surface area contributed by atoms with Gasteiger partial charge >= 0.3 is 12.1 Å². The molecule has 1 amide bonds. The van der Waals surface area contributed by atoms with E-state index in [9.17, 15) is 9.59 Å². The number of ether oxygens (including phenoxy) is 1. The van der Waals surface area contributed by atoms with Gasteiger partial charge in [0.25, 0.3) is 0 Å². The molecule has 0 saturated carbocycles. The molecular formula is C15H19NO4. The molecule has 1 aromatic carbocycles. The van der Waals surface area contributed by atoms with Crippen LogP contribution >= 0.6 is 0 Å². The second-order valence-electron chi connectivity index (χ2n) is 5.23. The average molecular weight is 277 g/mol. The molecule has 0 saturated heterocycles. The van der Waals surface area contributed by atoms with Gasteiger partial charge in [0.1, 0.15) is 5.60 Å². The average Bonchev–Trinajstić information content (AvgIpc) is 2.32. The van der Waals surface area contributed by atoms with E-state index < -0.39 is 17.7 Å². The Labute approximate surface area is 118 Å². The summed E-state index contributed by atoms with van der Waals surface area (Å²) in [5, 5.41) is 11.3. The molecule has 0 bridgehead atoms. The summed E-state index contributed by atoms with van der Waals surface area (Å²) in [5.41, 5.74) is 1.01. The Kier molecular flexibility index (Phi) is 5.32. The zero-order chi connectivity index (χ0) is 15.2. The highest BCUT2D eigenvalue weighted by Gasteiger charge is 2.15. The van der Waals surface area contributed by atoms with E-state index in [2.05, 4.69) is 5.32 Å². The lowest BCUT2D eigenvalue weighted by Crippen LogP contribution is -2.32. The quantitative estimate of drug-likeness (QED) is 0.830. The van der Waals surface area contributed by atoms with Crippen molar-refractivity contribution in [3.05, 3.63) is 41.5 Å². The highest BCUT2D eigenvalue weighted by atomic mass is 16.6. The Hall–Kier alpha value is -2.30. The highest BCUT2D eigenvalue weighted by molar-refractivity contribution is 5.85. The van der Waals surface area contributed by atoms with Crippen molar-refractivity contribution in [2.75, 3.05) is 0 Å². The van der Waals surface area contributed by atoms with Gasteiger partial charge in [0.15, 0.2) is 0 Å². The first-order chi connectivity index (χ1) is 9.28. The van der Waals surface area contributed by atoms with Crippen LogP contribution in [-0.2, 0) is 16.1 Å². The number of hydrogen-bond acceptors (Lipinski definition) is 3. The molecule has 0 aliphatic carbocycles. The van der Waals surface area contributed by atoms with Crippen LogP contribution in [-0.4, -0.2) is 22.8 Å². The molecule has 108 valence electrons. The largest absolute Gasteiger partial charge is 0.478 e. The predicted molar refractivity (Wildman–Crippen MR) is 76.2 cm³/mol. The fraction of sp³-hybridized carbons (Fsp3) is 0.333. The molecule has 0 aliphatic rings. The van der Waals surface area contributed by atoms with Gasteiger partial charge in [0, 0.05) is 12.6 Å². The Bertz CT molecular complexity index is 515. The van der Waals surface area contributed by atoms with Crippen molar-refractivity contribution >= 4 is 18.1 Å². The number of carboxylic acid groups (broad SMARTS) is 1. The van der Waals surface area contributed by atoms with Crippen LogP contribution in [0.1, 0.15) is 31.9 Å². The van der Waals surface area contributed by atoms with E-state index in [1.54, 1.807) is 32.9 Å². The van der Waals surface area contributed by atoms with Crippen LogP contribution in [0.3, 0.4) is 0 Å². The SMILES string of the molecule is CC(C)(C)OC(=O)NCc1ccccc1/C=C/C(=O)O. The number of hydrogen-bond donors (Lipinski definition) is 2. The van der Waals surface area contributed by atoms with E-state index in [-0.39, 0.29) is 6.54 Å². The summed E-state index contributed by atoms with van der Waals surface area (Å²) in [5.74, 6) is -1.01. The van der Waals surface area contributed by atoms with Crippen molar-refractivity contribution in [1.82, 2.24) is 5.32 Å². The maximum absolute atomic E-state index is 11.6. The molecule has 5 heteroatoms. The number of alkyl carbamates (subject to hydrolysis) is 1. The lowest BCUT2D eigenvalue weighted by atomic mass is 10.1. The third kappa shape index (κ3) is 6.04. The zero-order valence-corrected chi connectivity index (χ0v) is 11.8. The Morgan fingerprint density at radius 2 is 1.95 bits per heavy atom. The van der Waals surface area contributed by atoms with Gasteiger partial charge in [-0.25, -0.2) is 9.59 Å². The van der Waals surface area contributed by atoms with Crippen molar-refractivity contribution in [3.63, 3.8) is 0 Å². The summed E-state index contributed by atoms with van der Waals surface area (Å²) in [6.07, 6.45) is 2.05. The minimum Gasteiger partial charge on any atom is -0.478 e. The minimum atomic E-state index is -1.01. The molecule has 1 rings (SSSR count). The van der Waals surface area contributed by atoms with E-state index in [4.69, 9.17) is 9.84 Å². The number of aliphatic carboxylic acids is 1. The maximum Gasteiger partial charge on any atom is 0.407 e. The van der Waals surface area contributed by atoms with E-state index in [1.165, 1.54) is 6.08 Å². The molecule has 0 radical (unpaired) electrons. The van der Waals surface area contributed by atoms with Gasteiger partial charge in [-0.05, 0) is 38.0 Å². The Balaban J connectivity index is 2.69. The van der Waals surface area contributed by atoms with Gasteiger partial charge in [0.2, 0.25) is 0 Å². The second-order valence-corrected chi connectivity index (χ2v) is 5.23. The first kappa shape index (κ1) is 15.8. The molecule has 20 heavy (non-hydrogen) atoms. The van der Waals surface area contributed by atoms with Crippen LogP contribution in [0.25, 0.3) is 6.08 Å². The Morgan fingerprint density at radius 1 is 1.30 bits per heavy atom. The summed E-state index contributed by atoms with van der Waals surface area (Å²) in [6.45, 7) is 5.64. The molecule has 0 spiro atoms. The fourth-order valence-corrected chi connectivity index (χ4v) is 1.50. The smallest absolute Gasteiger partial charge is 0.407 e. The molecule has 1 aromatic rings. The monoisotopic (exact) mass is 277 g/mol. The van der Waals surface area contributed by atoms with Gasteiger partial charge in [-0.15, -0.1) is 0 Å². The van der Waals surface area contributed by atoms with Crippen molar-refractivity contribution in [2.45, 2.75) is 32.9 Å². The summed E-state index contributed by atoms with van der Waals surface area (Å²) < 4.78 is 5.14. The van der Waals surface area contributed by atoms with E-state index in [0.29, 0.717) is 0 Å². The van der Waals surface area contributed by atoms with Crippen LogP contribution in [0, 0.1) is 0 Å². The highest BCUT2D eigenvalue weighted by Crippen LogP contribution is 2.11. The lowest BCUT2D eigenvalue weighted by Gasteiger charge is -2.19. The summed E-state index contributed by atoms with van der Waals surface area (Å²) >= 11 is 0. The molecule has 2 N–H and O–H groups in total. The third-order valence-corrected chi connectivity index (χ3v) is 2.28. The summed E-state index contributed by atoms with van der Waals surface area (Å²) in [6, 6.07) is 7.23.